The summed E-state index contributed by atoms with van der Waals surface area (Å²) in [6.45, 7) is 0.856. The van der Waals surface area contributed by atoms with E-state index in [9.17, 15) is 4.79 Å². The van der Waals surface area contributed by atoms with Gasteiger partial charge in [-0.15, -0.1) is 5.10 Å². The number of nitrogens with zero attached hydrogens (tertiary/aromatic N) is 5. The molecule has 0 spiro atoms. The SMILES string of the molecule is CN(C)Cc1ccc(C(=O)Cc2cc3cc(-c4cn(C)nn4)ccc3cn2)cc1. The molecule has 0 amide bonds. The third-order valence-electron chi connectivity index (χ3n) is 4.79. The number of rotatable bonds is 6. The van der Waals surface area contributed by atoms with Gasteiger partial charge in [-0.05, 0) is 37.2 Å². The lowest BCUT2D eigenvalue weighted by atomic mass is 10.0. The molecule has 0 radical (unpaired) electrons. The fourth-order valence-corrected chi connectivity index (χ4v) is 3.35. The van der Waals surface area contributed by atoms with Gasteiger partial charge in [0.05, 0.1) is 12.6 Å². The van der Waals surface area contributed by atoms with E-state index in [1.165, 1.54) is 5.56 Å². The summed E-state index contributed by atoms with van der Waals surface area (Å²) < 4.78 is 1.68. The van der Waals surface area contributed by atoms with Crippen molar-refractivity contribution in [3.05, 3.63) is 77.7 Å². The van der Waals surface area contributed by atoms with E-state index in [-0.39, 0.29) is 12.2 Å². The molecule has 0 bridgehead atoms. The number of carbonyl (C=O) groups is 1. The average Bonchev–Trinajstić information content (AvgIpc) is 3.14. The number of ketones is 1. The van der Waals surface area contributed by atoms with Crippen molar-refractivity contribution in [2.45, 2.75) is 13.0 Å². The first-order valence-corrected chi connectivity index (χ1v) is 9.50. The van der Waals surface area contributed by atoms with Crippen molar-refractivity contribution < 1.29 is 4.79 Å². The largest absolute Gasteiger partial charge is 0.305 e. The van der Waals surface area contributed by atoms with Crippen molar-refractivity contribution in [3.8, 4) is 11.3 Å². The highest BCUT2D eigenvalue weighted by atomic mass is 16.1. The zero-order chi connectivity index (χ0) is 20.4. The maximum Gasteiger partial charge on any atom is 0.168 e. The highest BCUT2D eigenvalue weighted by molar-refractivity contribution is 5.98. The number of aryl methyl sites for hydroxylation is 1. The molecule has 6 heteroatoms. The lowest BCUT2D eigenvalue weighted by Crippen LogP contribution is -2.11. The molecule has 4 aromatic rings. The molecule has 0 fully saturated rings. The first-order valence-electron chi connectivity index (χ1n) is 9.50. The third kappa shape index (κ3) is 4.38. The number of benzene rings is 2. The van der Waals surface area contributed by atoms with E-state index in [1.807, 2.05) is 76.0 Å². The topological polar surface area (TPSA) is 63.9 Å². The van der Waals surface area contributed by atoms with Crippen molar-refractivity contribution in [2.75, 3.05) is 14.1 Å². The van der Waals surface area contributed by atoms with E-state index in [0.29, 0.717) is 5.56 Å². The number of fused-ring (bicyclic) bond motifs is 1. The van der Waals surface area contributed by atoms with E-state index in [2.05, 4.69) is 26.3 Å². The molecule has 29 heavy (non-hydrogen) atoms. The van der Waals surface area contributed by atoms with Crippen LogP contribution in [-0.4, -0.2) is 44.8 Å². The van der Waals surface area contributed by atoms with Crippen LogP contribution in [0.3, 0.4) is 0 Å². The van der Waals surface area contributed by atoms with Crippen LogP contribution in [0.25, 0.3) is 22.0 Å². The molecule has 0 aliphatic rings. The van der Waals surface area contributed by atoms with Crippen LogP contribution in [0.1, 0.15) is 21.6 Å². The maximum atomic E-state index is 12.7. The van der Waals surface area contributed by atoms with Gasteiger partial charge in [0.15, 0.2) is 5.78 Å². The molecule has 4 rings (SSSR count). The fraction of sp³-hybridized carbons (Fsp3) is 0.217. The molecule has 0 aliphatic carbocycles. The second kappa shape index (κ2) is 7.93. The van der Waals surface area contributed by atoms with Gasteiger partial charge in [-0.1, -0.05) is 41.6 Å². The molecule has 2 aromatic carbocycles. The predicted molar refractivity (Wildman–Crippen MR) is 114 cm³/mol. The quantitative estimate of drug-likeness (QED) is 0.475. The number of carbonyl (C=O) groups excluding carboxylic acids is 1. The molecule has 146 valence electrons. The summed E-state index contributed by atoms with van der Waals surface area (Å²) in [7, 11) is 5.90. The summed E-state index contributed by atoms with van der Waals surface area (Å²) >= 11 is 0. The Kier molecular flexibility index (Phi) is 5.18. The van der Waals surface area contributed by atoms with Gasteiger partial charge in [-0.3, -0.25) is 14.5 Å². The summed E-state index contributed by atoms with van der Waals surface area (Å²) in [6.07, 6.45) is 3.98. The van der Waals surface area contributed by atoms with Gasteiger partial charge in [0, 0.05) is 42.0 Å². The highest BCUT2D eigenvalue weighted by Crippen LogP contribution is 2.23. The Morgan fingerprint density at radius 1 is 1.03 bits per heavy atom. The summed E-state index contributed by atoms with van der Waals surface area (Å²) in [6, 6.07) is 15.9. The minimum atomic E-state index is 0.0679. The van der Waals surface area contributed by atoms with E-state index in [4.69, 9.17) is 0 Å². The lowest BCUT2D eigenvalue weighted by Gasteiger charge is -2.10. The molecule has 2 heterocycles. The first kappa shape index (κ1) is 19.0. The van der Waals surface area contributed by atoms with Crippen LogP contribution in [0, 0.1) is 0 Å². The molecule has 0 N–H and O–H groups in total. The van der Waals surface area contributed by atoms with Crippen molar-refractivity contribution in [1.82, 2.24) is 24.9 Å². The van der Waals surface area contributed by atoms with Gasteiger partial charge in [0.25, 0.3) is 0 Å². The van der Waals surface area contributed by atoms with Gasteiger partial charge < -0.3 is 4.90 Å². The molecule has 0 unspecified atom stereocenters. The van der Waals surface area contributed by atoms with Crippen molar-refractivity contribution in [2.24, 2.45) is 7.05 Å². The zero-order valence-electron chi connectivity index (χ0n) is 16.8. The molecule has 2 aromatic heterocycles. The van der Waals surface area contributed by atoms with Crippen LogP contribution in [0.15, 0.2) is 60.9 Å². The van der Waals surface area contributed by atoms with Gasteiger partial charge in [-0.25, -0.2) is 0 Å². The minimum absolute atomic E-state index is 0.0679. The maximum absolute atomic E-state index is 12.7. The Balaban J connectivity index is 1.55. The van der Waals surface area contributed by atoms with Gasteiger partial charge in [0.1, 0.15) is 5.69 Å². The van der Waals surface area contributed by atoms with Gasteiger partial charge >= 0.3 is 0 Å². The Hall–Kier alpha value is -3.38. The smallest absolute Gasteiger partial charge is 0.168 e. The third-order valence-corrected chi connectivity index (χ3v) is 4.79. The molecule has 6 nitrogen and oxygen atoms in total. The Morgan fingerprint density at radius 2 is 1.83 bits per heavy atom. The second-order valence-electron chi connectivity index (χ2n) is 7.55. The Labute approximate surface area is 169 Å². The van der Waals surface area contributed by atoms with Crippen molar-refractivity contribution in [3.63, 3.8) is 0 Å². The number of aromatic nitrogens is 4. The van der Waals surface area contributed by atoms with Crippen LogP contribution < -0.4 is 0 Å². The van der Waals surface area contributed by atoms with E-state index in [0.717, 1.165) is 34.3 Å². The molecule has 0 saturated carbocycles. The molecule has 0 saturated heterocycles. The monoisotopic (exact) mass is 385 g/mol. The molecular weight excluding hydrogens is 362 g/mol. The molecule has 0 atom stereocenters. The van der Waals surface area contributed by atoms with E-state index in [1.54, 1.807) is 4.68 Å². The molecular formula is C23H23N5O. The summed E-state index contributed by atoms with van der Waals surface area (Å²) in [4.78, 5) is 19.3. The average molecular weight is 385 g/mol. The zero-order valence-corrected chi connectivity index (χ0v) is 16.8. The Bertz CT molecular complexity index is 1160. The highest BCUT2D eigenvalue weighted by Gasteiger charge is 2.10. The van der Waals surface area contributed by atoms with Crippen molar-refractivity contribution in [1.29, 1.82) is 0 Å². The lowest BCUT2D eigenvalue weighted by molar-refractivity contribution is 0.0992. The first-order chi connectivity index (χ1) is 14.0. The number of pyridine rings is 1. The van der Waals surface area contributed by atoms with Gasteiger partial charge in [0.2, 0.25) is 0 Å². The van der Waals surface area contributed by atoms with E-state index < -0.39 is 0 Å². The summed E-state index contributed by atoms with van der Waals surface area (Å²) in [5.41, 5.74) is 4.47. The Morgan fingerprint density at radius 3 is 2.52 bits per heavy atom. The van der Waals surface area contributed by atoms with E-state index >= 15 is 0 Å². The standard InChI is InChI=1S/C23H23N5O/c1-27(2)14-16-4-6-17(7-5-16)23(29)12-21-11-20-10-18(8-9-19(20)13-24-21)22-15-28(3)26-25-22/h4-11,13,15H,12,14H2,1-3H3. The number of Topliss-reactive ketones (excluding diaryl/α,β-unsaturated/α-hetero) is 1. The van der Waals surface area contributed by atoms with Crippen LogP contribution in [-0.2, 0) is 20.0 Å². The number of hydrogen-bond donors (Lipinski definition) is 0. The predicted octanol–water partition coefficient (Wildman–Crippen LogP) is 3.52. The molecule has 0 aliphatic heterocycles. The van der Waals surface area contributed by atoms with Gasteiger partial charge in [-0.2, -0.15) is 0 Å². The fourth-order valence-electron chi connectivity index (χ4n) is 3.35. The van der Waals surface area contributed by atoms with Crippen LogP contribution >= 0.6 is 0 Å². The van der Waals surface area contributed by atoms with Crippen LogP contribution in [0.5, 0.6) is 0 Å². The van der Waals surface area contributed by atoms with Crippen molar-refractivity contribution >= 4 is 16.6 Å². The normalized spacial score (nSPS) is 11.3. The summed E-state index contributed by atoms with van der Waals surface area (Å²) in [5.74, 6) is 0.0679. The summed E-state index contributed by atoms with van der Waals surface area (Å²) in [5, 5.41) is 10.2. The second-order valence-corrected chi connectivity index (χ2v) is 7.55. The van der Waals surface area contributed by atoms with Crippen LogP contribution in [0.2, 0.25) is 0 Å². The number of hydrogen-bond acceptors (Lipinski definition) is 5. The van der Waals surface area contributed by atoms with Crippen LogP contribution in [0.4, 0.5) is 0 Å². The minimum Gasteiger partial charge on any atom is -0.305 e.